The van der Waals surface area contributed by atoms with Gasteiger partial charge in [-0.1, -0.05) is 0 Å². The van der Waals surface area contributed by atoms with Gasteiger partial charge in [0, 0.05) is 19.5 Å². The molecule has 0 radical (unpaired) electrons. The molecule has 3 heteroatoms. The summed E-state index contributed by atoms with van der Waals surface area (Å²) < 4.78 is 0. The van der Waals surface area contributed by atoms with Gasteiger partial charge in [0.15, 0.2) is 0 Å². The fourth-order valence-electron chi connectivity index (χ4n) is 0. The molecule has 0 N–H and O–H groups in total. The summed E-state index contributed by atoms with van der Waals surface area (Å²) in [5.41, 5.74) is 0. The summed E-state index contributed by atoms with van der Waals surface area (Å²) in [5, 5.41) is 0. The molecule has 4 heavy (non-hydrogen) atoms. The molecular weight excluding hydrogens is 149 g/mol. The van der Waals surface area contributed by atoms with Crippen LogP contribution in [0.1, 0.15) is 0 Å². The van der Waals surface area contributed by atoms with Crippen LogP contribution in [0.2, 0.25) is 0 Å². The molecule has 0 aromatic heterocycles. The second kappa shape index (κ2) is 9.30. The summed E-state index contributed by atoms with van der Waals surface area (Å²) in [6.45, 7) is 0. The van der Waals surface area contributed by atoms with Crippen molar-refractivity contribution in [3.63, 3.8) is 0 Å². The Morgan fingerprint density at radius 1 is 1.75 bits per heavy atom. The van der Waals surface area contributed by atoms with Gasteiger partial charge in [-0.25, -0.2) is 0 Å². The summed E-state index contributed by atoms with van der Waals surface area (Å²) in [4.78, 5) is 9.82. The van der Waals surface area contributed by atoms with E-state index in [1.165, 1.54) is 4.79 Å². The molecule has 0 amide bonds. The number of rotatable bonds is 0. The third-order valence-corrected chi connectivity index (χ3v) is 0. The first-order chi connectivity index (χ1) is 1.41. The monoisotopic (exact) mass is 148 g/mol. The van der Waals surface area contributed by atoms with Crippen molar-refractivity contribution >= 4 is 4.79 Å². The zero-order valence-electron chi connectivity index (χ0n) is 1.97. The molecule has 0 fully saturated rings. The van der Waals surface area contributed by atoms with Crippen molar-refractivity contribution in [2.45, 2.75) is 0 Å². The van der Waals surface area contributed by atoms with Crippen LogP contribution in [0.4, 0.5) is 0 Å². The Hall–Kier alpha value is 0.723. The Morgan fingerprint density at radius 3 is 1.75 bits per heavy atom. The number of hydrogen-bond donors (Lipinski definition) is 0. The molecule has 0 atom stereocenters. The molecule has 0 aliphatic carbocycles. The Morgan fingerprint density at radius 2 is 1.75 bits per heavy atom. The molecule has 0 aromatic rings. The summed E-state index contributed by atoms with van der Waals surface area (Å²) in [6.07, 6.45) is 0. The minimum absolute atomic E-state index is 0. The molecule has 0 aliphatic rings. The first-order valence-electron chi connectivity index (χ1n) is 0.381. The zero-order valence-corrected chi connectivity index (χ0v) is 6.04. The van der Waals surface area contributed by atoms with E-state index in [4.69, 9.17) is 4.79 Å². The molecule has 0 unspecified atom stereocenters. The van der Waals surface area contributed by atoms with Crippen LogP contribution >= 0.6 is 0 Å². The third-order valence-electron chi connectivity index (χ3n) is 0. The van der Waals surface area contributed by atoms with Crippen molar-refractivity contribution in [2.24, 2.45) is 0 Å². The molecular formula is CFeOZn. The van der Waals surface area contributed by atoms with Crippen molar-refractivity contribution < 1.29 is 39.8 Å². The van der Waals surface area contributed by atoms with E-state index in [1.54, 1.807) is 0 Å². The van der Waals surface area contributed by atoms with E-state index in [9.17, 15) is 0 Å². The molecule has 0 bridgehead atoms. The van der Waals surface area contributed by atoms with E-state index in [2.05, 4.69) is 15.6 Å². The molecule has 0 saturated heterocycles. The van der Waals surface area contributed by atoms with Crippen molar-refractivity contribution in [1.29, 1.82) is 0 Å². The first-order valence-corrected chi connectivity index (χ1v) is 0.933. The minimum atomic E-state index is 0. The van der Waals surface area contributed by atoms with Gasteiger partial charge in [0.05, 0.1) is 0 Å². The molecule has 1 nitrogen and oxygen atoms in total. The van der Waals surface area contributed by atoms with E-state index in [1.807, 2.05) is 0 Å². The third kappa shape index (κ3) is 15.5. The van der Waals surface area contributed by atoms with Gasteiger partial charge in [-0.2, -0.15) is 0 Å². The Kier molecular flexibility index (Phi) is 20.5. The summed E-state index contributed by atoms with van der Waals surface area (Å²) in [5.74, 6) is 0. The largest absolute Gasteiger partial charge is 0 e. The van der Waals surface area contributed by atoms with Gasteiger partial charge in [-0.3, -0.25) is 0 Å². The van der Waals surface area contributed by atoms with Crippen LogP contribution in [0.3, 0.4) is 0 Å². The maximum atomic E-state index is 8.57. The minimum Gasteiger partial charge on any atom is 0 e. The van der Waals surface area contributed by atoms with Gasteiger partial charge in [-0.15, -0.1) is 0 Å². The van der Waals surface area contributed by atoms with E-state index < -0.39 is 0 Å². The second-order valence-corrected chi connectivity index (χ2v) is 0.298. The fraction of sp³-hybridized carbons (Fsp3) is 0. The SMILES string of the molecule is O=[C]=[Fe].[Zn]. The predicted octanol–water partition coefficient (Wildman–Crippen LogP) is -0.402. The van der Waals surface area contributed by atoms with Crippen molar-refractivity contribution in [1.82, 2.24) is 0 Å². The fourth-order valence-corrected chi connectivity index (χ4v) is 0. The normalized spacial score (nSPS) is 2.25. The average molecular weight is 149 g/mol. The van der Waals surface area contributed by atoms with Gasteiger partial charge >= 0.3 is 25.2 Å². The second-order valence-electron chi connectivity index (χ2n) is 0.0722. The van der Waals surface area contributed by atoms with Crippen LogP contribution in [0.25, 0.3) is 0 Å². The van der Waals surface area contributed by atoms with Crippen LogP contribution in [-0.2, 0) is 39.8 Å². The zero-order chi connectivity index (χ0) is 2.71. The Bertz CT molecular complexity index is 29.0. The van der Waals surface area contributed by atoms with Crippen LogP contribution < -0.4 is 0 Å². The van der Waals surface area contributed by atoms with E-state index in [-0.39, 0.29) is 19.5 Å². The standard InChI is InChI=1S/CO.Fe.Zn/c1-2;;. The van der Waals surface area contributed by atoms with E-state index >= 15 is 0 Å². The quantitative estimate of drug-likeness (QED) is 0.428. The van der Waals surface area contributed by atoms with Crippen molar-refractivity contribution in [3.8, 4) is 0 Å². The van der Waals surface area contributed by atoms with Gasteiger partial charge in [0.25, 0.3) is 0 Å². The molecule has 0 rings (SSSR count). The Balaban J connectivity index is 0. The number of hydrogen-bond acceptors (Lipinski definition) is 1. The van der Waals surface area contributed by atoms with Gasteiger partial charge in [0.2, 0.25) is 0 Å². The van der Waals surface area contributed by atoms with Crippen LogP contribution in [-0.4, -0.2) is 4.79 Å². The van der Waals surface area contributed by atoms with Gasteiger partial charge in [0.1, 0.15) is 0 Å². The van der Waals surface area contributed by atoms with Crippen LogP contribution in [0.15, 0.2) is 0 Å². The Labute approximate surface area is 44.9 Å². The van der Waals surface area contributed by atoms with Crippen molar-refractivity contribution in [2.75, 3.05) is 0 Å². The molecule has 0 spiro atoms. The molecule has 0 aromatic carbocycles. The van der Waals surface area contributed by atoms with E-state index in [0.29, 0.717) is 0 Å². The maximum absolute atomic E-state index is 8.57. The average Bonchev–Trinajstić information content (AvgIpc) is 0.918. The van der Waals surface area contributed by atoms with E-state index in [0.717, 1.165) is 0 Å². The molecule has 0 aliphatic heterocycles. The van der Waals surface area contributed by atoms with Crippen LogP contribution in [0.5, 0.6) is 0 Å². The van der Waals surface area contributed by atoms with Crippen molar-refractivity contribution in [3.05, 3.63) is 0 Å². The predicted molar refractivity (Wildman–Crippen MR) is 5.69 cm³/mol. The summed E-state index contributed by atoms with van der Waals surface area (Å²) in [6, 6.07) is 0. The molecule has 20 valence electrons. The summed E-state index contributed by atoms with van der Waals surface area (Å²) in [7, 11) is 0. The first kappa shape index (κ1) is 8.83. The maximum Gasteiger partial charge on any atom is 0 e. The van der Waals surface area contributed by atoms with Gasteiger partial charge < -0.3 is 0 Å². The summed E-state index contributed by atoms with van der Waals surface area (Å²) >= 11 is 2.68. The van der Waals surface area contributed by atoms with Crippen LogP contribution in [0, 0.1) is 0 Å². The smallest absolute Gasteiger partial charge is 0 e. The molecule has 0 saturated carbocycles. The topological polar surface area (TPSA) is 17.1 Å². The number of carbonyl (C=O) groups excluding carboxylic acids is 1. The van der Waals surface area contributed by atoms with Gasteiger partial charge in [-0.05, 0) is 0 Å². The molecule has 0 heterocycles.